The molecule has 2 heteroatoms. The number of hydrogen-bond acceptors (Lipinski definition) is 2. The lowest BCUT2D eigenvalue weighted by atomic mass is 10.0. The minimum Gasteiger partial charge on any atom is -0.300 e. The van der Waals surface area contributed by atoms with E-state index in [1.807, 2.05) is 0 Å². The summed E-state index contributed by atoms with van der Waals surface area (Å²) in [6, 6.07) is 0. The molecule has 0 N–H and O–H groups in total. The Hall–Kier alpha value is -0.920. The van der Waals surface area contributed by atoms with E-state index in [1.54, 1.807) is 0 Å². The first-order valence-electron chi connectivity index (χ1n) is 14.5. The first-order chi connectivity index (χ1) is 15.8. The van der Waals surface area contributed by atoms with Crippen LogP contribution < -0.4 is 0 Å². The van der Waals surface area contributed by atoms with Gasteiger partial charge in [0.1, 0.15) is 11.6 Å². The average molecular weight is 447 g/mol. The molecule has 0 heterocycles. The number of rotatable bonds is 0. The van der Waals surface area contributed by atoms with E-state index in [2.05, 4.69) is 12.2 Å². The maximum absolute atomic E-state index is 11.5. The normalized spacial score (nSPS) is 23.9. The lowest BCUT2D eigenvalue weighted by molar-refractivity contribution is -0.119. The van der Waals surface area contributed by atoms with Gasteiger partial charge >= 0.3 is 0 Å². The highest BCUT2D eigenvalue weighted by atomic mass is 16.1. The molecule has 0 spiro atoms. The van der Waals surface area contributed by atoms with E-state index >= 15 is 0 Å². The van der Waals surface area contributed by atoms with Gasteiger partial charge in [-0.05, 0) is 32.1 Å². The first kappa shape index (κ1) is 29.1. The topological polar surface area (TPSA) is 34.1 Å². The maximum atomic E-state index is 11.5. The highest BCUT2D eigenvalue weighted by Gasteiger charge is 2.03. The van der Waals surface area contributed by atoms with E-state index in [0.717, 1.165) is 44.9 Å². The van der Waals surface area contributed by atoms with E-state index < -0.39 is 0 Å². The molecule has 32 heavy (non-hydrogen) atoms. The van der Waals surface area contributed by atoms with Gasteiger partial charge in [0.2, 0.25) is 0 Å². The number of carbonyl (C=O) groups is 2. The van der Waals surface area contributed by atoms with Crippen molar-refractivity contribution in [1.82, 2.24) is 0 Å². The minimum atomic E-state index is 0.422. The Balaban J connectivity index is 0.000000320. The predicted molar refractivity (Wildman–Crippen MR) is 139 cm³/mol. The summed E-state index contributed by atoms with van der Waals surface area (Å²) in [5.41, 5.74) is 0. The van der Waals surface area contributed by atoms with Gasteiger partial charge in [-0.1, -0.05) is 121 Å². The summed E-state index contributed by atoms with van der Waals surface area (Å²) in [6.45, 7) is 0. The van der Waals surface area contributed by atoms with Crippen LogP contribution in [0.2, 0.25) is 0 Å². The molecule has 0 aromatic heterocycles. The summed E-state index contributed by atoms with van der Waals surface area (Å²) in [4.78, 5) is 23.0. The summed E-state index contributed by atoms with van der Waals surface area (Å²) in [5.74, 6) is 0.931. The molecule has 2 aliphatic rings. The van der Waals surface area contributed by atoms with Crippen molar-refractivity contribution in [2.24, 2.45) is 0 Å². The molecule has 0 aliphatic heterocycles. The zero-order valence-corrected chi connectivity index (χ0v) is 21.4. The van der Waals surface area contributed by atoms with Gasteiger partial charge in [0.15, 0.2) is 0 Å². The van der Waals surface area contributed by atoms with Gasteiger partial charge in [0, 0.05) is 25.7 Å². The zero-order valence-electron chi connectivity index (χ0n) is 21.4. The van der Waals surface area contributed by atoms with Gasteiger partial charge in [-0.2, -0.15) is 0 Å². The van der Waals surface area contributed by atoms with Crippen LogP contribution in [0.3, 0.4) is 0 Å². The number of allylic oxidation sites excluding steroid dienone is 2. The highest BCUT2D eigenvalue weighted by Crippen LogP contribution is 2.15. The molecule has 0 bridgehead atoms. The maximum Gasteiger partial charge on any atom is 0.136 e. The molecule has 2 aliphatic carbocycles. The molecule has 1 fully saturated rings. The van der Waals surface area contributed by atoms with Gasteiger partial charge in [-0.3, -0.25) is 9.59 Å². The molecule has 0 amide bonds. The van der Waals surface area contributed by atoms with E-state index in [9.17, 15) is 9.59 Å². The monoisotopic (exact) mass is 446 g/mol. The second-order valence-corrected chi connectivity index (χ2v) is 10.2. The summed E-state index contributed by atoms with van der Waals surface area (Å²) in [7, 11) is 0. The third-order valence-corrected chi connectivity index (χ3v) is 7.00. The fourth-order valence-corrected chi connectivity index (χ4v) is 4.79. The Bertz CT molecular complexity index is 447. The van der Waals surface area contributed by atoms with Crippen molar-refractivity contribution in [3.05, 3.63) is 12.2 Å². The van der Waals surface area contributed by atoms with Crippen molar-refractivity contribution in [3.63, 3.8) is 0 Å². The third kappa shape index (κ3) is 21.0. The fourth-order valence-electron chi connectivity index (χ4n) is 4.79. The number of carbonyl (C=O) groups excluding carboxylic acids is 2. The lowest BCUT2D eigenvalue weighted by Gasteiger charge is -2.01. The quantitative estimate of drug-likeness (QED) is 0.347. The van der Waals surface area contributed by atoms with Crippen molar-refractivity contribution in [3.8, 4) is 0 Å². The average Bonchev–Trinajstić information content (AvgIpc) is 2.80. The molecule has 0 atom stereocenters. The summed E-state index contributed by atoms with van der Waals surface area (Å²) >= 11 is 0. The molecule has 186 valence electrons. The molecule has 0 saturated heterocycles. The molecule has 2 rings (SSSR count). The largest absolute Gasteiger partial charge is 0.300 e. The van der Waals surface area contributed by atoms with Crippen LogP contribution in [0.5, 0.6) is 0 Å². The standard InChI is InChI=1S/C15H28O.C15H26O/c2*16-15-13-11-9-7-5-3-1-2-4-6-8-10-12-14-15/h1-14H2;9,11H,1-8,10,12-14H2/b;11-9-. The highest BCUT2D eigenvalue weighted by molar-refractivity contribution is 5.79. The Morgan fingerprint density at radius 1 is 0.344 bits per heavy atom. The van der Waals surface area contributed by atoms with Crippen LogP contribution >= 0.6 is 0 Å². The van der Waals surface area contributed by atoms with Crippen LogP contribution in [0, 0.1) is 0 Å². The van der Waals surface area contributed by atoms with E-state index in [-0.39, 0.29) is 0 Å². The number of ketones is 2. The molecule has 1 saturated carbocycles. The van der Waals surface area contributed by atoms with Crippen LogP contribution in [0.1, 0.15) is 167 Å². The Labute approximate surface area is 200 Å². The minimum absolute atomic E-state index is 0.422. The Morgan fingerprint density at radius 2 is 0.656 bits per heavy atom. The second kappa shape index (κ2) is 23.2. The van der Waals surface area contributed by atoms with Crippen molar-refractivity contribution in [2.75, 3.05) is 0 Å². The van der Waals surface area contributed by atoms with Crippen molar-refractivity contribution in [2.45, 2.75) is 167 Å². The summed E-state index contributed by atoms with van der Waals surface area (Å²) in [5, 5.41) is 0. The van der Waals surface area contributed by atoms with Crippen LogP contribution in [0.15, 0.2) is 12.2 Å². The van der Waals surface area contributed by atoms with E-state index in [0.29, 0.717) is 18.0 Å². The molecule has 0 aromatic rings. The lowest BCUT2D eigenvalue weighted by Crippen LogP contribution is -1.97. The van der Waals surface area contributed by atoms with Gasteiger partial charge in [0.25, 0.3) is 0 Å². The number of Topliss-reactive ketones (excluding diaryl/α,β-unsaturated/α-hetero) is 2. The van der Waals surface area contributed by atoms with Crippen LogP contribution in [-0.4, -0.2) is 11.6 Å². The van der Waals surface area contributed by atoms with Crippen molar-refractivity contribution in [1.29, 1.82) is 0 Å². The Morgan fingerprint density at radius 3 is 1.06 bits per heavy atom. The molecular formula is C30H54O2. The first-order valence-corrected chi connectivity index (χ1v) is 14.5. The van der Waals surface area contributed by atoms with E-state index in [1.165, 1.54) is 116 Å². The van der Waals surface area contributed by atoms with Gasteiger partial charge < -0.3 is 0 Å². The predicted octanol–water partition coefficient (Wildman–Crippen LogP) is 9.84. The smallest absolute Gasteiger partial charge is 0.136 e. The van der Waals surface area contributed by atoms with Crippen molar-refractivity contribution < 1.29 is 9.59 Å². The van der Waals surface area contributed by atoms with Gasteiger partial charge in [-0.15, -0.1) is 0 Å². The SMILES string of the molecule is O=C1C/C=C\CCCCCCCCCCC1.O=C1CCCCCCCCCCCCCC1. The fraction of sp³-hybridized carbons (Fsp3) is 0.867. The second-order valence-electron chi connectivity index (χ2n) is 10.2. The Kier molecular flexibility index (Phi) is 21.1. The molecule has 2 nitrogen and oxygen atoms in total. The summed E-state index contributed by atoms with van der Waals surface area (Å²) < 4.78 is 0. The van der Waals surface area contributed by atoms with Crippen molar-refractivity contribution >= 4 is 11.6 Å². The summed E-state index contributed by atoms with van der Waals surface area (Å²) in [6.07, 6.45) is 36.4. The zero-order chi connectivity index (χ0) is 23.0. The molecular weight excluding hydrogens is 392 g/mol. The molecule has 0 radical (unpaired) electrons. The molecule has 0 aromatic carbocycles. The van der Waals surface area contributed by atoms with Crippen LogP contribution in [0.4, 0.5) is 0 Å². The van der Waals surface area contributed by atoms with Crippen LogP contribution in [0.25, 0.3) is 0 Å². The molecule has 0 unspecified atom stereocenters. The number of hydrogen-bond donors (Lipinski definition) is 0. The van der Waals surface area contributed by atoms with Gasteiger partial charge in [0.05, 0.1) is 0 Å². The van der Waals surface area contributed by atoms with E-state index in [4.69, 9.17) is 0 Å². The van der Waals surface area contributed by atoms with Gasteiger partial charge in [-0.25, -0.2) is 0 Å². The third-order valence-electron chi connectivity index (χ3n) is 7.00. The van der Waals surface area contributed by atoms with Crippen LogP contribution in [-0.2, 0) is 9.59 Å².